The maximum absolute atomic E-state index is 8.43. The summed E-state index contributed by atoms with van der Waals surface area (Å²) >= 11 is 0. The molecule has 0 bridgehead atoms. The minimum absolute atomic E-state index is 0.247. The van der Waals surface area contributed by atoms with E-state index in [9.17, 15) is 0 Å². The number of guanidine groups is 1. The van der Waals surface area contributed by atoms with Crippen molar-refractivity contribution < 1.29 is 5.21 Å². The van der Waals surface area contributed by atoms with Crippen LogP contribution in [0.1, 0.15) is 26.2 Å². The number of hydrogen-bond donors (Lipinski definition) is 2. The Morgan fingerprint density at radius 2 is 2.36 bits per heavy atom. The number of nitrogens with two attached hydrogens (primary N) is 1. The van der Waals surface area contributed by atoms with Crippen molar-refractivity contribution in [3.8, 4) is 0 Å². The molecule has 0 amide bonds. The van der Waals surface area contributed by atoms with E-state index in [2.05, 4.69) is 12.1 Å². The van der Waals surface area contributed by atoms with Crippen molar-refractivity contribution in [1.29, 1.82) is 0 Å². The van der Waals surface area contributed by atoms with Gasteiger partial charge in [0.25, 0.3) is 0 Å². The molecule has 3 N–H and O–H groups in total. The van der Waals surface area contributed by atoms with Crippen molar-refractivity contribution in [2.75, 3.05) is 6.54 Å². The monoisotopic (exact) mass is 157 g/mol. The minimum atomic E-state index is 0.247. The summed E-state index contributed by atoms with van der Waals surface area (Å²) in [4.78, 5) is 1.93. The lowest BCUT2D eigenvalue weighted by molar-refractivity contribution is 0.235. The molecular weight excluding hydrogens is 142 g/mol. The van der Waals surface area contributed by atoms with Crippen LogP contribution in [0.25, 0.3) is 0 Å². The summed E-state index contributed by atoms with van der Waals surface area (Å²) in [5.74, 6) is 0.247. The van der Waals surface area contributed by atoms with Crippen LogP contribution < -0.4 is 5.73 Å². The van der Waals surface area contributed by atoms with Crippen molar-refractivity contribution in [2.24, 2.45) is 10.9 Å². The fourth-order valence-corrected chi connectivity index (χ4v) is 1.50. The molecule has 1 fully saturated rings. The SMILES string of the molecule is C[C@H]1CCCCN1/C(N)=N/O. The van der Waals surface area contributed by atoms with Gasteiger partial charge in [-0.2, -0.15) is 0 Å². The van der Waals surface area contributed by atoms with Crippen molar-refractivity contribution in [1.82, 2.24) is 4.90 Å². The quantitative estimate of drug-likeness (QED) is 0.234. The average Bonchev–Trinajstić information content (AvgIpc) is 2.04. The van der Waals surface area contributed by atoms with Gasteiger partial charge in [0.15, 0.2) is 0 Å². The molecule has 4 heteroatoms. The second-order valence-electron chi connectivity index (χ2n) is 3.00. The molecule has 0 radical (unpaired) electrons. The third-order valence-corrected chi connectivity index (χ3v) is 2.20. The second kappa shape index (κ2) is 3.46. The van der Waals surface area contributed by atoms with Gasteiger partial charge in [0.1, 0.15) is 0 Å². The van der Waals surface area contributed by atoms with Gasteiger partial charge in [-0.1, -0.05) is 5.16 Å². The third kappa shape index (κ3) is 1.76. The Balaban J connectivity index is 2.54. The highest BCUT2D eigenvalue weighted by Gasteiger charge is 2.19. The number of hydrogen-bond acceptors (Lipinski definition) is 2. The first-order valence-corrected chi connectivity index (χ1v) is 4.00. The first kappa shape index (κ1) is 8.17. The van der Waals surface area contributed by atoms with Crippen LogP contribution >= 0.6 is 0 Å². The van der Waals surface area contributed by atoms with Crippen LogP contribution in [-0.2, 0) is 0 Å². The van der Waals surface area contributed by atoms with Gasteiger partial charge in [0, 0.05) is 12.6 Å². The Hall–Kier alpha value is -0.930. The summed E-state index contributed by atoms with van der Waals surface area (Å²) < 4.78 is 0. The van der Waals surface area contributed by atoms with Crippen LogP contribution in [0.5, 0.6) is 0 Å². The van der Waals surface area contributed by atoms with Gasteiger partial charge in [-0.3, -0.25) is 0 Å². The summed E-state index contributed by atoms with van der Waals surface area (Å²) in [7, 11) is 0. The van der Waals surface area contributed by atoms with Crippen LogP contribution in [0.3, 0.4) is 0 Å². The first-order valence-electron chi connectivity index (χ1n) is 4.00. The smallest absolute Gasteiger partial charge is 0.233 e. The zero-order valence-electron chi connectivity index (χ0n) is 6.82. The third-order valence-electron chi connectivity index (χ3n) is 2.20. The standard InChI is InChI=1S/C7H15N3O/c1-6-4-2-3-5-10(6)7(8)9-11/h6,11H,2-5H2,1H3,(H2,8,9)/t6-/m0/s1. The molecular formula is C7H15N3O. The first-order chi connectivity index (χ1) is 5.25. The van der Waals surface area contributed by atoms with Crippen molar-refractivity contribution in [3.63, 3.8) is 0 Å². The fourth-order valence-electron chi connectivity index (χ4n) is 1.50. The second-order valence-corrected chi connectivity index (χ2v) is 3.00. The number of rotatable bonds is 0. The molecule has 0 aromatic carbocycles. The lowest BCUT2D eigenvalue weighted by Crippen LogP contribution is -2.46. The highest BCUT2D eigenvalue weighted by Crippen LogP contribution is 2.15. The summed E-state index contributed by atoms with van der Waals surface area (Å²) in [6.45, 7) is 3.01. The lowest BCUT2D eigenvalue weighted by atomic mass is 10.0. The van der Waals surface area contributed by atoms with Gasteiger partial charge < -0.3 is 15.8 Å². The normalized spacial score (nSPS) is 27.2. The molecule has 1 heterocycles. The van der Waals surface area contributed by atoms with Crippen LogP contribution in [0.2, 0.25) is 0 Å². The van der Waals surface area contributed by atoms with Gasteiger partial charge in [-0.05, 0) is 26.2 Å². The van der Waals surface area contributed by atoms with E-state index in [1.54, 1.807) is 0 Å². The van der Waals surface area contributed by atoms with E-state index in [1.165, 1.54) is 6.42 Å². The molecule has 4 nitrogen and oxygen atoms in total. The van der Waals surface area contributed by atoms with Crippen molar-refractivity contribution in [3.05, 3.63) is 0 Å². The molecule has 0 spiro atoms. The van der Waals surface area contributed by atoms with E-state index in [1.807, 2.05) is 4.90 Å². The Morgan fingerprint density at radius 3 is 2.91 bits per heavy atom. The molecule has 0 unspecified atom stereocenters. The molecule has 0 aliphatic carbocycles. The maximum atomic E-state index is 8.43. The predicted octanol–water partition coefficient (Wildman–Crippen LogP) is 0.565. The van der Waals surface area contributed by atoms with Crippen LogP contribution in [0, 0.1) is 0 Å². The lowest BCUT2D eigenvalue weighted by Gasteiger charge is -2.33. The van der Waals surface area contributed by atoms with Crippen molar-refractivity contribution >= 4 is 5.96 Å². The number of likely N-dealkylation sites (tertiary alicyclic amines) is 1. The zero-order valence-corrected chi connectivity index (χ0v) is 6.82. The predicted molar refractivity (Wildman–Crippen MR) is 43.4 cm³/mol. The molecule has 0 aromatic heterocycles. The summed E-state index contributed by atoms with van der Waals surface area (Å²) in [5.41, 5.74) is 5.46. The number of oxime groups is 1. The molecule has 0 aromatic rings. The van der Waals surface area contributed by atoms with E-state index < -0.39 is 0 Å². The highest BCUT2D eigenvalue weighted by molar-refractivity contribution is 5.77. The molecule has 1 saturated heterocycles. The van der Waals surface area contributed by atoms with Crippen LogP contribution in [-0.4, -0.2) is 28.7 Å². The summed E-state index contributed by atoms with van der Waals surface area (Å²) in [5, 5.41) is 11.4. The average molecular weight is 157 g/mol. The largest absolute Gasteiger partial charge is 0.408 e. The Morgan fingerprint density at radius 1 is 1.64 bits per heavy atom. The van der Waals surface area contributed by atoms with Gasteiger partial charge in [-0.25, -0.2) is 0 Å². The van der Waals surface area contributed by atoms with Gasteiger partial charge in [0.2, 0.25) is 5.96 Å². The minimum Gasteiger partial charge on any atom is -0.408 e. The number of piperidine rings is 1. The van der Waals surface area contributed by atoms with Crippen LogP contribution in [0.15, 0.2) is 5.16 Å². The maximum Gasteiger partial charge on any atom is 0.233 e. The molecule has 0 saturated carbocycles. The topological polar surface area (TPSA) is 61.8 Å². The number of nitrogens with zero attached hydrogens (tertiary/aromatic N) is 2. The molecule has 11 heavy (non-hydrogen) atoms. The van der Waals surface area contributed by atoms with Crippen molar-refractivity contribution in [2.45, 2.75) is 32.2 Å². The van der Waals surface area contributed by atoms with E-state index in [0.717, 1.165) is 19.4 Å². The fraction of sp³-hybridized carbons (Fsp3) is 0.857. The Bertz CT molecular complexity index is 158. The van der Waals surface area contributed by atoms with Crippen LogP contribution in [0.4, 0.5) is 0 Å². The highest BCUT2D eigenvalue weighted by atomic mass is 16.4. The van der Waals surface area contributed by atoms with E-state index >= 15 is 0 Å². The van der Waals surface area contributed by atoms with Gasteiger partial charge >= 0.3 is 0 Å². The van der Waals surface area contributed by atoms with E-state index in [-0.39, 0.29) is 5.96 Å². The summed E-state index contributed by atoms with van der Waals surface area (Å²) in [6, 6.07) is 0.416. The molecule has 64 valence electrons. The molecule has 1 aliphatic rings. The van der Waals surface area contributed by atoms with Gasteiger partial charge in [-0.15, -0.1) is 0 Å². The van der Waals surface area contributed by atoms with E-state index in [0.29, 0.717) is 6.04 Å². The molecule has 1 rings (SSSR count). The Kier molecular flexibility index (Phi) is 2.57. The summed E-state index contributed by atoms with van der Waals surface area (Å²) in [6.07, 6.45) is 3.52. The molecule has 1 atom stereocenters. The van der Waals surface area contributed by atoms with Gasteiger partial charge in [0.05, 0.1) is 0 Å². The van der Waals surface area contributed by atoms with E-state index in [4.69, 9.17) is 10.9 Å². The Labute approximate surface area is 66.7 Å². The molecule has 1 aliphatic heterocycles. The zero-order chi connectivity index (χ0) is 8.27.